The lowest BCUT2D eigenvalue weighted by Gasteiger charge is -2.14. The van der Waals surface area contributed by atoms with Crippen molar-refractivity contribution in [1.82, 2.24) is 4.98 Å². The van der Waals surface area contributed by atoms with Crippen LogP contribution in [-0.4, -0.2) is 13.8 Å². The van der Waals surface area contributed by atoms with E-state index in [0.717, 1.165) is 11.1 Å². The number of ether oxygens (including phenoxy) is 1. The van der Waals surface area contributed by atoms with Gasteiger partial charge in [-0.15, -0.1) is 0 Å². The SMILES string of the molecule is Cc1nc2c(F)cccc2cc1Oc1ccccc1[Si](C)C. The third-order valence-electron chi connectivity index (χ3n) is 3.59. The standard InChI is InChI=1S/C18H17FNOSi/c1-12-16(11-13-7-6-8-14(19)18(13)20-12)21-15-9-4-5-10-17(15)22(2)3/h4-11H,1-3H3. The summed E-state index contributed by atoms with van der Waals surface area (Å²) in [6.45, 7) is 6.30. The van der Waals surface area contributed by atoms with Gasteiger partial charge in [0.25, 0.3) is 0 Å². The van der Waals surface area contributed by atoms with E-state index in [1.54, 1.807) is 6.07 Å². The molecule has 0 fully saturated rings. The van der Waals surface area contributed by atoms with Gasteiger partial charge < -0.3 is 4.74 Å². The second kappa shape index (κ2) is 5.89. The Bertz CT molecular complexity index is 832. The van der Waals surface area contributed by atoms with Gasteiger partial charge in [0.15, 0.2) is 0 Å². The largest absolute Gasteiger partial charge is 0.456 e. The zero-order valence-corrected chi connectivity index (χ0v) is 13.9. The second-order valence-electron chi connectivity index (χ2n) is 5.48. The number of aromatic nitrogens is 1. The maximum atomic E-state index is 13.8. The number of hydrogen-bond donors (Lipinski definition) is 0. The van der Waals surface area contributed by atoms with Gasteiger partial charge in [-0.1, -0.05) is 43.4 Å². The van der Waals surface area contributed by atoms with Crippen LogP contribution < -0.4 is 9.92 Å². The van der Waals surface area contributed by atoms with Crippen LogP contribution in [0.2, 0.25) is 13.1 Å². The fraction of sp³-hybridized carbons (Fsp3) is 0.167. The van der Waals surface area contributed by atoms with E-state index in [-0.39, 0.29) is 5.82 Å². The molecule has 0 aliphatic rings. The van der Waals surface area contributed by atoms with Gasteiger partial charge >= 0.3 is 0 Å². The number of fused-ring (bicyclic) bond motifs is 1. The molecule has 3 aromatic rings. The molecule has 1 heterocycles. The molecule has 0 bridgehead atoms. The molecule has 22 heavy (non-hydrogen) atoms. The van der Waals surface area contributed by atoms with E-state index in [9.17, 15) is 4.39 Å². The van der Waals surface area contributed by atoms with E-state index in [2.05, 4.69) is 24.1 Å². The Morgan fingerprint density at radius 1 is 1.00 bits per heavy atom. The average molecular weight is 310 g/mol. The van der Waals surface area contributed by atoms with Crippen LogP contribution in [-0.2, 0) is 0 Å². The van der Waals surface area contributed by atoms with E-state index >= 15 is 0 Å². The molecule has 1 radical (unpaired) electrons. The van der Waals surface area contributed by atoms with E-state index < -0.39 is 8.80 Å². The Labute approximate surface area is 131 Å². The number of nitrogens with zero attached hydrogens (tertiary/aromatic N) is 1. The molecule has 4 heteroatoms. The van der Waals surface area contributed by atoms with Gasteiger partial charge in [-0.2, -0.15) is 0 Å². The molecule has 2 nitrogen and oxygen atoms in total. The summed E-state index contributed by atoms with van der Waals surface area (Å²) in [4.78, 5) is 4.35. The number of hydrogen-bond acceptors (Lipinski definition) is 2. The van der Waals surface area contributed by atoms with Crippen molar-refractivity contribution >= 4 is 24.9 Å². The van der Waals surface area contributed by atoms with Crippen molar-refractivity contribution in [3.8, 4) is 11.5 Å². The van der Waals surface area contributed by atoms with Gasteiger partial charge in [-0.25, -0.2) is 9.37 Å². The van der Waals surface area contributed by atoms with E-state index in [1.165, 1.54) is 11.3 Å². The molecule has 111 valence electrons. The fourth-order valence-corrected chi connectivity index (χ4v) is 3.48. The van der Waals surface area contributed by atoms with Crippen molar-refractivity contribution in [3.63, 3.8) is 0 Å². The van der Waals surface area contributed by atoms with E-state index in [0.29, 0.717) is 17.0 Å². The molecule has 0 unspecified atom stereocenters. The van der Waals surface area contributed by atoms with Crippen LogP contribution in [0.1, 0.15) is 5.69 Å². The number of halogens is 1. The maximum Gasteiger partial charge on any atom is 0.149 e. The molecule has 0 saturated heterocycles. The molecule has 0 spiro atoms. The summed E-state index contributed by atoms with van der Waals surface area (Å²) in [6.07, 6.45) is 0. The van der Waals surface area contributed by atoms with Gasteiger partial charge in [0.2, 0.25) is 0 Å². The highest BCUT2D eigenvalue weighted by Crippen LogP contribution is 2.28. The van der Waals surface area contributed by atoms with E-state index in [1.807, 2.05) is 37.3 Å². The molecule has 0 aliphatic heterocycles. The van der Waals surface area contributed by atoms with Crippen LogP contribution >= 0.6 is 0 Å². The van der Waals surface area contributed by atoms with Gasteiger partial charge in [-0.3, -0.25) is 0 Å². The molecule has 0 atom stereocenters. The van der Waals surface area contributed by atoms with Gasteiger partial charge in [0.1, 0.15) is 22.8 Å². The third-order valence-corrected chi connectivity index (χ3v) is 5.08. The predicted octanol–water partition coefficient (Wildman–Crippen LogP) is 4.44. The van der Waals surface area contributed by atoms with Crippen molar-refractivity contribution in [2.75, 3.05) is 0 Å². The van der Waals surface area contributed by atoms with Crippen LogP contribution in [0.4, 0.5) is 4.39 Å². The lowest BCUT2D eigenvalue weighted by Crippen LogP contribution is -2.24. The summed E-state index contributed by atoms with van der Waals surface area (Å²) >= 11 is 0. The summed E-state index contributed by atoms with van der Waals surface area (Å²) in [7, 11) is -0.628. The fourth-order valence-electron chi connectivity index (χ4n) is 2.43. The Morgan fingerprint density at radius 3 is 2.55 bits per heavy atom. The zero-order valence-electron chi connectivity index (χ0n) is 12.9. The minimum atomic E-state index is -0.628. The predicted molar refractivity (Wildman–Crippen MR) is 90.1 cm³/mol. The quantitative estimate of drug-likeness (QED) is 0.667. The monoisotopic (exact) mass is 310 g/mol. The van der Waals surface area contributed by atoms with Crippen LogP contribution in [0, 0.1) is 12.7 Å². The molecule has 0 N–H and O–H groups in total. The molecular formula is C18H17FNOSi. The van der Waals surface area contributed by atoms with Crippen LogP contribution in [0.25, 0.3) is 10.9 Å². The number of rotatable bonds is 3. The van der Waals surface area contributed by atoms with Crippen molar-refractivity contribution < 1.29 is 9.13 Å². The lowest BCUT2D eigenvalue weighted by atomic mass is 10.2. The molecule has 3 rings (SSSR count). The van der Waals surface area contributed by atoms with Gasteiger partial charge in [0, 0.05) is 5.39 Å². The Kier molecular flexibility index (Phi) is 3.94. The van der Waals surface area contributed by atoms with Crippen molar-refractivity contribution in [2.24, 2.45) is 0 Å². The van der Waals surface area contributed by atoms with Crippen molar-refractivity contribution in [3.05, 3.63) is 60.0 Å². The summed E-state index contributed by atoms with van der Waals surface area (Å²) in [6, 6.07) is 14.9. The smallest absolute Gasteiger partial charge is 0.149 e. The molecule has 2 aromatic carbocycles. The first-order valence-corrected chi connectivity index (χ1v) is 9.69. The van der Waals surface area contributed by atoms with Crippen LogP contribution in [0.3, 0.4) is 0 Å². The molecule has 0 saturated carbocycles. The average Bonchev–Trinajstić information content (AvgIpc) is 2.49. The van der Waals surface area contributed by atoms with Crippen molar-refractivity contribution in [1.29, 1.82) is 0 Å². The first kappa shape index (κ1) is 14.7. The molecular weight excluding hydrogens is 293 g/mol. The lowest BCUT2D eigenvalue weighted by molar-refractivity contribution is 0.480. The maximum absolute atomic E-state index is 13.8. The Balaban J connectivity index is 2.06. The summed E-state index contributed by atoms with van der Waals surface area (Å²) < 4.78 is 19.9. The van der Waals surface area contributed by atoms with Crippen molar-refractivity contribution in [2.45, 2.75) is 20.0 Å². The zero-order chi connectivity index (χ0) is 15.7. The van der Waals surface area contributed by atoms with Gasteiger partial charge in [-0.05, 0) is 30.3 Å². The Morgan fingerprint density at radius 2 is 1.77 bits per heavy atom. The highest BCUT2D eigenvalue weighted by Gasteiger charge is 2.12. The first-order valence-electron chi connectivity index (χ1n) is 7.19. The second-order valence-corrected chi connectivity index (χ2v) is 8.02. The summed E-state index contributed by atoms with van der Waals surface area (Å²) in [5.41, 5.74) is 1.07. The minimum absolute atomic E-state index is 0.305. The number of aryl methyl sites for hydroxylation is 1. The van der Waals surface area contributed by atoms with Crippen LogP contribution in [0.15, 0.2) is 48.5 Å². The molecule has 1 aromatic heterocycles. The summed E-state index contributed by atoms with van der Waals surface area (Å²) in [5.74, 6) is 1.23. The van der Waals surface area contributed by atoms with E-state index in [4.69, 9.17) is 4.74 Å². The normalized spacial score (nSPS) is 11.1. The summed E-state index contributed by atoms with van der Waals surface area (Å²) in [5, 5.41) is 1.99. The molecule has 0 aliphatic carbocycles. The highest BCUT2D eigenvalue weighted by atomic mass is 28.3. The Hall–Kier alpha value is -2.20. The van der Waals surface area contributed by atoms with Crippen LogP contribution in [0.5, 0.6) is 11.5 Å². The number of pyridine rings is 1. The third kappa shape index (κ3) is 2.74. The number of para-hydroxylation sites is 2. The highest BCUT2D eigenvalue weighted by molar-refractivity contribution is 6.71. The van der Waals surface area contributed by atoms with Gasteiger partial charge in [0.05, 0.1) is 14.5 Å². The first-order chi connectivity index (χ1) is 10.6. The minimum Gasteiger partial charge on any atom is -0.456 e. The number of benzene rings is 2. The molecule has 0 amide bonds. The topological polar surface area (TPSA) is 22.1 Å².